The average molecular weight is 1860 g/mol. The number of rotatable bonds is 26. The Morgan fingerprint density at radius 3 is 0.444 bits per heavy atom. The maximum Gasteiger partial charge on any atom is 0.0464 e. The van der Waals surface area contributed by atoms with Crippen molar-refractivity contribution in [3.05, 3.63) is 620 Å². The fraction of sp³-hybridized carbons (Fsp3) is 0.0857. The van der Waals surface area contributed by atoms with E-state index in [0.717, 1.165) is 113 Å². The molecule has 0 heterocycles. The molecular weight excluding hydrogens is 1740 g/mol. The van der Waals surface area contributed by atoms with E-state index in [9.17, 15) is 0 Å². The van der Waals surface area contributed by atoms with Crippen LogP contribution in [0.15, 0.2) is 497 Å². The molecule has 0 radical (unpaired) electrons. The van der Waals surface area contributed by atoms with Gasteiger partial charge >= 0.3 is 0 Å². The standard InChI is InChI=1S/C70H60N2.C68H56N2.2CH4/c1-49-13-25-59(26-14-49)69(60-27-15-50(2)16-28-60)47-55-21-37-63(38-22-55)71(67-11-7-9-53(5)45-67)65-41-33-57(34-42-65)58-35-43-66(44-36-58)72(68-12-8-10-54(6)46-68)64-39-23-56(24-40-64)48-70(61-29-17-51(3)18-30-61)62-31-19-52(4)20-32-62;1-49-21-29-59(30-22-49)67(57-15-7-5-8-16-57)47-53-25-37-61(38-26-53)69(65-19-11-13-51(3)45-65)63-41-33-55(34-42-63)56-35-43-64(44-36-56)70(66-20-12-14-52(4)46-66)62-39-27-54(28-40-62)48-68(58-17-9-6-10-18-58)60-31-23-50(2)24-32-60;;/h7-48H,1-6H3;5-48H,1-4H3;2*1H4/b;67-47+,68-48+;;. The SMILES string of the molecule is C.C.Cc1ccc(/C(=C/c2ccc(N(c3ccc(-c4ccc(N(c5ccc(/C=C(\c6ccccc6)c6ccc(C)cc6)cc5)c5cccc(C)c5)cc4)cc3)c3cccc(C)c3)cc2)c2ccccc2)cc1.Cc1ccc(C(=Cc2ccc(N(c3ccc(-c4ccc(N(c5ccc(C=C(c6ccc(C)cc6)c6ccc(C)cc6)cc5)c5cccc(C)c5)cc4)cc3)c3cccc(C)c3)cc2)c2ccc(C)cc2)cc1. The smallest absolute Gasteiger partial charge is 0.0464 e. The Balaban J connectivity index is 0.000000195. The Morgan fingerprint density at radius 1 is 0.132 bits per heavy atom. The Labute approximate surface area is 854 Å². The summed E-state index contributed by atoms with van der Waals surface area (Å²) in [5, 5.41) is 0. The van der Waals surface area contributed by atoms with Gasteiger partial charge in [0.15, 0.2) is 0 Å². The number of aryl methyl sites for hydroxylation is 10. The lowest BCUT2D eigenvalue weighted by Crippen LogP contribution is -2.10. The summed E-state index contributed by atoms with van der Waals surface area (Å²) in [7, 11) is 0. The van der Waals surface area contributed by atoms with E-state index < -0.39 is 0 Å². The van der Waals surface area contributed by atoms with Crippen molar-refractivity contribution in [2.45, 2.75) is 84.1 Å². The van der Waals surface area contributed by atoms with Crippen LogP contribution in [-0.4, -0.2) is 0 Å². The zero-order chi connectivity index (χ0) is 97.4. The van der Waals surface area contributed by atoms with Gasteiger partial charge in [-0.1, -0.05) is 400 Å². The molecule has 0 aliphatic rings. The van der Waals surface area contributed by atoms with E-state index in [-0.39, 0.29) is 14.9 Å². The highest BCUT2D eigenvalue weighted by atomic mass is 15.2. The van der Waals surface area contributed by atoms with Gasteiger partial charge in [-0.25, -0.2) is 0 Å². The average Bonchev–Trinajstić information content (AvgIpc) is 0.779. The molecule has 144 heavy (non-hydrogen) atoms. The minimum Gasteiger partial charge on any atom is -0.310 e. The molecular formula is C140H124N4. The minimum atomic E-state index is 0. The second-order valence-electron chi connectivity index (χ2n) is 37.4. The third kappa shape index (κ3) is 23.8. The summed E-state index contributed by atoms with van der Waals surface area (Å²) in [5.41, 5.74) is 49.2. The number of hydrogen-bond donors (Lipinski definition) is 0. The van der Waals surface area contributed by atoms with Crippen LogP contribution < -0.4 is 19.6 Å². The van der Waals surface area contributed by atoms with E-state index in [4.69, 9.17) is 0 Å². The normalized spacial score (nSPS) is 11.1. The topological polar surface area (TPSA) is 13.0 Å². The summed E-state index contributed by atoms with van der Waals surface area (Å²) >= 11 is 0. The maximum absolute atomic E-state index is 2.35. The highest BCUT2D eigenvalue weighted by Crippen LogP contribution is 2.45. The van der Waals surface area contributed by atoms with Crippen LogP contribution in [0, 0.1) is 69.2 Å². The maximum atomic E-state index is 2.35. The van der Waals surface area contributed by atoms with E-state index in [0.29, 0.717) is 0 Å². The first-order valence-electron chi connectivity index (χ1n) is 49.1. The molecule has 20 rings (SSSR count). The zero-order valence-electron chi connectivity index (χ0n) is 82.4. The van der Waals surface area contributed by atoms with Crippen molar-refractivity contribution in [3.8, 4) is 22.3 Å². The molecule has 0 atom stereocenters. The molecule has 20 aromatic carbocycles. The molecule has 20 aromatic rings. The van der Waals surface area contributed by atoms with Crippen LogP contribution in [0.2, 0.25) is 0 Å². The van der Waals surface area contributed by atoms with Gasteiger partial charge in [-0.15, -0.1) is 0 Å². The summed E-state index contributed by atoms with van der Waals surface area (Å²) in [5.74, 6) is 0. The van der Waals surface area contributed by atoms with Crippen LogP contribution in [0.5, 0.6) is 0 Å². The number of hydrogen-bond acceptors (Lipinski definition) is 4. The summed E-state index contributed by atoms with van der Waals surface area (Å²) in [6.07, 6.45) is 9.20. The van der Waals surface area contributed by atoms with Gasteiger partial charge < -0.3 is 19.6 Å². The molecule has 4 nitrogen and oxygen atoms in total. The van der Waals surface area contributed by atoms with E-state index in [2.05, 4.69) is 611 Å². The molecule has 0 aliphatic heterocycles. The quantitative estimate of drug-likeness (QED) is 0.0501. The first-order valence-corrected chi connectivity index (χ1v) is 49.1. The van der Waals surface area contributed by atoms with Crippen molar-refractivity contribution in [2.75, 3.05) is 19.6 Å². The lowest BCUT2D eigenvalue weighted by molar-refractivity contribution is 1.27. The van der Waals surface area contributed by atoms with Crippen molar-refractivity contribution in [2.24, 2.45) is 0 Å². The Bertz CT molecular complexity index is 7250. The lowest BCUT2D eigenvalue weighted by atomic mass is 9.94. The highest BCUT2D eigenvalue weighted by Gasteiger charge is 2.22. The van der Waals surface area contributed by atoms with Gasteiger partial charge in [0.2, 0.25) is 0 Å². The first kappa shape index (κ1) is 98.2. The van der Waals surface area contributed by atoms with Crippen LogP contribution >= 0.6 is 0 Å². The summed E-state index contributed by atoms with van der Waals surface area (Å²) in [6.45, 7) is 21.4. The monoisotopic (exact) mass is 1860 g/mol. The van der Waals surface area contributed by atoms with Gasteiger partial charge in [0, 0.05) is 68.2 Å². The van der Waals surface area contributed by atoms with Crippen molar-refractivity contribution in [1.82, 2.24) is 0 Å². The lowest BCUT2D eigenvalue weighted by Gasteiger charge is -2.27. The van der Waals surface area contributed by atoms with Gasteiger partial charge in [-0.05, 0) is 373 Å². The van der Waals surface area contributed by atoms with Gasteiger partial charge in [0.05, 0.1) is 0 Å². The molecule has 0 unspecified atom stereocenters. The van der Waals surface area contributed by atoms with Crippen molar-refractivity contribution < 1.29 is 0 Å². The largest absolute Gasteiger partial charge is 0.310 e. The molecule has 0 bridgehead atoms. The number of nitrogens with zero attached hydrogens (tertiary/aromatic N) is 4. The predicted octanol–water partition coefficient (Wildman–Crippen LogP) is 39.3. The molecule has 0 aromatic heterocycles. The Kier molecular flexibility index (Phi) is 31.1. The third-order valence-corrected chi connectivity index (χ3v) is 26.4. The molecule has 704 valence electrons. The Hall–Kier alpha value is -17.4. The number of anilines is 12. The van der Waals surface area contributed by atoms with Gasteiger partial charge in [0.25, 0.3) is 0 Å². The van der Waals surface area contributed by atoms with Gasteiger partial charge in [0.1, 0.15) is 0 Å². The predicted molar refractivity (Wildman–Crippen MR) is 623 cm³/mol. The molecule has 0 N–H and O–H groups in total. The zero-order valence-corrected chi connectivity index (χ0v) is 82.4. The minimum absolute atomic E-state index is 0. The molecule has 0 fully saturated rings. The number of benzene rings is 20. The second-order valence-corrected chi connectivity index (χ2v) is 37.4. The van der Waals surface area contributed by atoms with E-state index >= 15 is 0 Å². The second kappa shape index (κ2) is 45.7. The molecule has 0 amide bonds. The molecule has 0 saturated heterocycles. The van der Waals surface area contributed by atoms with E-state index in [1.54, 1.807) is 0 Å². The van der Waals surface area contributed by atoms with E-state index in [1.807, 2.05) is 0 Å². The molecule has 0 aliphatic carbocycles. The fourth-order valence-corrected chi connectivity index (χ4v) is 18.6. The fourth-order valence-electron chi connectivity index (χ4n) is 18.6. The van der Waals surface area contributed by atoms with E-state index in [1.165, 1.54) is 122 Å². The van der Waals surface area contributed by atoms with Crippen LogP contribution in [0.25, 0.3) is 68.9 Å². The van der Waals surface area contributed by atoms with Crippen molar-refractivity contribution >= 4 is 115 Å². The van der Waals surface area contributed by atoms with Crippen LogP contribution in [0.3, 0.4) is 0 Å². The molecule has 4 heteroatoms. The van der Waals surface area contributed by atoms with Crippen LogP contribution in [0.4, 0.5) is 68.2 Å². The van der Waals surface area contributed by atoms with Gasteiger partial charge in [-0.3, -0.25) is 0 Å². The first-order chi connectivity index (χ1) is 69.4. The summed E-state index contributed by atoms with van der Waals surface area (Å²) in [6, 6.07) is 181. The van der Waals surface area contributed by atoms with Crippen LogP contribution in [-0.2, 0) is 0 Å². The van der Waals surface area contributed by atoms with Gasteiger partial charge in [-0.2, -0.15) is 0 Å². The molecule has 0 spiro atoms. The highest BCUT2D eigenvalue weighted by molar-refractivity contribution is 5.97. The summed E-state index contributed by atoms with van der Waals surface area (Å²) in [4.78, 5) is 9.39. The Morgan fingerprint density at radius 2 is 0.285 bits per heavy atom. The summed E-state index contributed by atoms with van der Waals surface area (Å²) < 4.78 is 0. The van der Waals surface area contributed by atoms with Crippen LogP contribution in [0.1, 0.15) is 137 Å². The van der Waals surface area contributed by atoms with Crippen molar-refractivity contribution in [1.29, 1.82) is 0 Å². The third-order valence-electron chi connectivity index (χ3n) is 26.4. The molecule has 0 saturated carbocycles. The van der Waals surface area contributed by atoms with Crippen molar-refractivity contribution in [3.63, 3.8) is 0 Å².